The van der Waals surface area contributed by atoms with Crippen LogP contribution in [0.25, 0.3) is 20.8 Å². The van der Waals surface area contributed by atoms with Crippen LogP contribution in [-0.2, 0) is 19.5 Å². The summed E-state index contributed by atoms with van der Waals surface area (Å²) in [4.78, 5) is 21.5. The smallest absolute Gasteiger partial charge is 0.291 e. The van der Waals surface area contributed by atoms with Crippen molar-refractivity contribution in [1.29, 1.82) is 0 Å². The molecule has 5 nitrogen and oxygen atoms in total. The summed E-state index contributed by atoms with van der Waals surface area (Å²) in [7, 11) is 0. The first-order valence-electron chi connectivity index (χ1n) is 10.9. The van der Waals surface area contributed by atoms with Crippen LogP contribution in [0.3, 0.4) is 0 Å². The Hall–Kier alpha value is -2.97. The van der Waals surface area contributed by atoms with Gasteiger partial charge in [0.05, 0.1) is 16.5 Å². The number of nitrogens with zero attached hydrogens (tertiary/aromatic N) is 2. The molecule has 0 bridgehead atoms. The van der Waals surface area contributed by atoms with Gasteiger partial charge in [-0.2, -0.15) is 0 Å². The Kier molecular flexibility index (Phi) is 6.52. The minimum absolute atomic E-state index is 0. The van der Waals surface area contributed by atoms with E-state index >= 15 is 0 Å². The topological polar surface area (TPSA) is 58.4 Å². The molecule has 0 unspecified atom stereocenters. The van der Waals surface area contributed by atoms with Crippen LogP contribution < -0.4 is 5.32 Å². The highest BCUT2D eigenvalue weighted by Crippen LogP contribution is 2.46. The Morgan fingerprint density at radius 1 is 1.03 bits per heavy atom. The molecule has 1 aliphatic heterocycles. The zero-order chi connectivity index (χ0) is 22.2. The van der Waals surface area contributed by atoms with Gasteiger partial charge in [0, 0.05) is 30.1 Å². The fourth-order valence-electron chi connectivity index (χ4n) is 4.30. The fourth-order valence-corrected chi connectivity index (χ4v) is 6.69. The standard InChI is InChI=1S/C26H21N3O2S2.ClH/c30-24(20-10-6-14-31-20)28-26-23(25-27-19-9-4-5-11-21(19)32-25)18-12-13-29(16-22(18)33-26)15-17-7-2-1-3-8-17;/h1-11,14H,12-13,15-16H2,(H,28,30);1H. The molecule has 0 saturated heterocycles. The van der Waals surface area contributed by atoms with Gasteiger partial charge in [0.2, 0.25) is 0 Å². The van der Waals surface area contributed by atoms with Gasteiger partial charge < -0.3 is 9.73 Å². The number of halogens is 1. The zero-order valence-electron chi connectivity index (χ0n) is 18.2. The number of carbonyl (C=O) groups is 1. The maximum absolute atomic E-state index is 12.8. The third kappa shape index (κ3) is 4.40. The van der Waals surface area contributed by atoms with Gasteiger partial charge in [-0.25, -0.2) is 4.98 Å². The number of fused-ring (bicyclic) bond motifs is 2. The number of thiophene rings is 1. The van der Waals surface area contributed by atoms with Gasteiger partial charge in [-0.05, 0) is 41.8 Å². The Labute approximate surface area is 211 Å². The molecule has 34 heavy (non-hydrogen) atoms. The van der Waals surface area contributed by atoms with E-state index < -0.39 is 0 Å². The van der Waals surface area contributed by atoms with E-state index in [0.29, 0.717) is 5.76 Å². The number of anilines is 1. The lowest BCUT2D eigenvalue weighted by Gasteiger charge is -2.27. The van der Waals surface area contributed by atoms with Crippen molar-refractivity contribution in [3.63, 3.8) is 0 Å². The minimum Gasteiger partial charge on any atom is -0.459 e. The first kappa shape index (κ1) is 22.8. The molecular formula is C26H22ClN3O2S2. The van der Waals surface area contributed by atoms with Crippen LogP contribution in [0.2, 0.25) is 0 Å². The van der Waals surface area contributed by atoms with Crippen LogP contribution in [0.5, 0.6) is 0 Å². The van der Waals surface area contributed by atoms with Gasteiger partial charge in [-0.1, -0.05) is 42.5 Å². The zero-order valence-corrected chi connectivity index (χ0v) is 20.6. The second-order valence-electron chi connectivity index (χ2n) is 8.07. The number of rotatable bonds is 5. The van der Waals surface area contributed by atoms with E-state index in [9.17, 15) is 4.79 Å². The molecule has 0 radical (unpaired) electrons. The highest BCUT2D eigenvalue weighted by molar-refractivity contribution is 7.23. The predicted molar refractivity (Wildman–Crippen MR) is 141 cm³/mol. The largest absolute Gasteiger partial charge is 0.459 e. The van der Waals surface area contributed by atoms with E-state index in [1.54, 1.807) is 34.8 Å². The highest BCUT2D eigenvalue weighted by Gasteiger charge is 2.28. The van der Waals surface area contributed by atoms with Crippen molar-refractivity contribution in [2.45, 2.75) is 19.5 Å². The van der Waals surface area contributed by atoms with Crippen LogP contribution in [0, 0.1) is 0 Å². The van der Waals surface area contributed by atoms with Crippen LogP contribution >= 0.6 is 35.1 Å². The Morgan fingerprint density at radius 2 is 1.85 bits per heavy atom. The molecular weight excluding hydrogens is 486 g/mol. The molecule has 1 N–H and O–H groups in total. The van der Waals surface area contributed by atoms with Crippen molar-refractivity contribution in [1.82, 2.24) is 9.88 Å². The second kappa shape index (κ2) is 9.72. The Balaban J connectivity index is 0.00000241. The number of hydrogen-bond acceptors (Lipinski definition) is 6. The fraction of sp³-hybridized carbons (Fsp3) is 0.154. The molecule has 1 aliphatic rings. The number of aromatic nitrogens is 1. The number of thiazole rings is 1. The summed E-state index contributed by atoms with van der Waals surface area (Å²) in [5.41, 5.74) is 4.67. The maximum Gasteiger partial charge on any atom is 0.291 e. The predicted octanol–water partition coefficient (Wildman–Crippen LogP) is 6.85. The van der Waals surface area contributed by atoms with Crippen LogP contribution in [0.4, 0.5) is 5.00 Å². The summed E-state index contributed by atoms with van der Waals surface area (Å²) in [6.07, 6.45) is 2.45. The molecule has 0 saturated carbocycles. The lowest BCUT2D eigenvalue weighted by molar-refractivity contribution is 0.0997. The lowest BCUT2D eigenvalue weighted by atomic mass is 10.0. The first-order chi connectivity index (χ1) is 16.2. The number of amides is 1. The molecule has 0 fully saturated rings. The average Bonchev–Trinajstić information content (AvgIpc) is 3.57. The normalized spacial score (nSPS) is 13.4. The minimum atomic E-state index is -0.234. The number of benzene rings is 2. The van der Waals surface area contributed by atoms with Crippen molar-refractivity contribution >= 4 is 56.2 Å². The van der Waals surface area contributed by atoms with E-state index in [1.807, 2.05) is 18.2 Å². The van der Waals surface area contributed by atoms with Gasteiger partial charge >= 0.3 is 0 Å². The van der Waals surface area contributed by atoms with Crippen molar-refractivity contribution in [3.8, 4) is 10.6 Å². The third-order valence-electron chi connectivity index (χ3n) is 5.86. The summed E-state index contributed by atoms with van der Waals surface area (Å²) in [6, 6.07) is 22.2. The summed E-state index contributed by atoms with van der Waals surface area (Å²) in [5.74, 6) is 0.0735. The van der Waals surface area contributed by atoms with Crippen molar-refractivity contribution in [2.75, 3.05) is 11.9 Å². The van der Waals surface area contributed by atoms with E-state index in [-0.39, 0.29) is 18.3 Å². The van der Waals surface area contributed by atoms with Crippen molar-refractivity contribution < 1.29 is 9.21 Å². The van der Waals surface area contributed by atoms with E-state index in [0.717, 1.165) is 51.8 Å². The van der Waals surface area contributed by atoms with Crippen molar-refractivity contribution in [3.05, 3.63) is 94.8 Å². The van der Waals surface area contributed by atoms with Gasteiger partial charge in [-0.3, -0.25) is 9.69 Å². The quantitative estimate of drug-likeness (QED) is 0.282. The molecule has 5 aromatic rings. The van der Waals surface area contributed by atoms with Crippen LogP contribution in [-0.4, -0.2) is 22.3 Å². The van der Waals surface area contributed by atoms with Crippen LogP contribution in [0.15, 0.2) is 77.4 Å². The van der Waals surface area contributed by atoms with Gasteiger partial charge in [0.25, 0.3) is 5.91 Å². The molecule has 172 valence electrons. The Bertz CT molecular complexity index is 1390. The average molecular weight is 508 g/mol. The molecule has 0 aliphatic carbocycles. The SMILES string of the molecule is Cl.O=C(Nc1sc2c(c1-c1nc3ccccc3s1)CCN(Cc1ccccc1)C2)c1ccco1. The number of para-hydroxylation sites is 1. The van der Waals surface area contributed by atoms with E-state index in [2.05, 4.69) is 46.6 Å². The van der Waals surface area contributed by atoms with Gasteiger partial charge in [0.15, 0.2) is 5.76 Å². The van der Waals surface area contributed by atoms with Gasteiger partial charge in [-0.15, -0.1) is 35.1 Å². The molecule has 2 aromatic carbocycles. The summed E-state index contributed by atoms with van der Waals surface area (Å²) in [6.45, 7) is 2.76. The molecule has 6 rings (SSSR count). The maximum atomic E-state index is 12.8. The molecule has 0 spiro atoms. The lowest BCUT2D eigenvalue weighted by Crippen LogP contribution is -2.29. The molecule has 0 atom stereocenters. The molecule has 1 amide bonds. The third-order valence-corrected chi connectivity index (χ3v) is 8.05. The molecule has 3 aromatic heterocycles. The molecule has 4 heterocycles. The summed E-state index contributed by atoms with van der Waals surface area (Å²) in [5, 5.41) is 4.92. The number of furan rings is 1. The monoisotopic (exact) mass is 507 g/mol. The van der Waals surface area contributed by atoms with E-state index in [4.69, 9.17) is 9.40 Å². The summed E-state index contributed by atoms with van der Waals surface area (Å²) >= 11 is 3.34. The number of nitrogens with one attached hydrogen (secondary N) is 1. The molecule has 8 heteroatoms. The van der Waals surface area contributed by atoms with E-state index in [1.165, 1.54) is 22.3 Å². The second-order valence-corrected chi connectivity index (χ2v) is 10.2. The Morgan fingerprint density at radius 3 is 2.65 bits per heavy atom. The number of carbonyl (C=O) groups excluding carboxylic acids is 1. The highest BCUT2D eigenvalue weighted by atomic mass is 35.5. The van der Waals surface area contributed by atoms with Crippen molar-refractivity contribution in [2.24, 2.45) is 0 Å². The first-order valence-corrected chi connectivity index (χ1v) is 12.5. The van der Waals surface area contributed by atoms with Gasteiger partial charge in [0.1, 0.15) is 10.0 Å². The van der Waals surface area contributed by atoms with Crippen LogP contribution in [0.1, 0.15) is 26.6 Å². The number of hydrogen-bond donors (Lipinski definition) is 1. The summed E-state index contributed by atoms with van der Waals surface area (Å²) < 4.78 is 6.47.